The summed E-state index contributed by atoms with van der Waals surface area (Å²) in [5.74, 6) is 0.915. The highest BCUT2D eigenvalue weighted by Gasteiger charge is 2.34. The molecule has 0 bridgehead atoms. The van der Waals surface area contributed by atoms with Crippen LogP contribution in [0.5, 0.6) is 0 Å². The highest BCUT2D eigenvalue weighted by Crippen LogP contribution is 2.30. The first-order chi connectivity index (χ1) is 9.63. The van der Waals surface area contributed by atoms with E-state index in [-0.39, 0.29) is 35.7 Å². The van der Waals surface area contributed by atoms with E-state index in [1.807, 2.05) is 4.90 Å². The van der Waals surface area contributed by atoms with Crippen LogP contribution in [0.1, 0.15) is 44.9 Å². The Morgan fingerprint density at radius 1 is 0.950 bits per heavy atom. The summed E-state index contributed by atoms with van der Waals surface area (Å²) in [5, 5.41) is 3.12. The lowest BCUT2D eigenvalue weighted by atomic mass is 10.0. The van der Waals surface area contributed by atoms with Crippen LogP contribution in [0.15, 0.2) is 0 Å². The molecule has 0 aromatic rings. The molecule has 2 atom stereocenters. The van der Waals surface area contributed by atoms with Crippen LogP contribution in [0, 0.1) is 11.8 Å². The summed E-state index contributed by atoms with van der Waals surface area (Å²) in [5.41, 5.74) is 5.89. The summed E-state index contributed by atoms with van der Waals surface area (Å²) in [6.45, 7) is 1.56. The van der Waals surface area contributed by atoms with Gasteiger partial charge in [-0.2, -0.15) is 0 Å². The molecular formula is C15H25N3O2. The predicted molar refractivity (Wildman–Crippen MR) is 75.8 cm³/mol. The van der Waals surface area contributed by atoms with E-state index in [1.54, 1.807) is 0 Å². The lowest BCUT2D eigenvalue weighted by molar-refractivity contribution is -0.136. The Hall–Kier alpha value is -1.10. The van der Waals surface area contributed by atoms with E-state index >= 15 is 0 Å². The first-order valence-electron chi connectivity index (χ1n) is 7.98. The van der Waals surface area contributed by atoms with E-state index < -0.39 is 0 Å². The Balaban J connectivity index is 1.43. The molecule has 2 unspecified atom stereocenters. The Kier molecular flexibility index (Phi) is 3.96. The van der Waals surface area contributed by atoms with Gasteiger partial charge in [0.1, 0.15) is 0 Å². The van der Waals surface area contributed by atoms with E-state index in [0.717, 1.165) is 58.0 Å². The maximum atomic E-state index is 12.4. The molecule has 20 heavy (non-hydrogen) atoms. The van der Waals surface area contributed by atoms with Crippen molar-refractivity contribution in [3.8, 4) is 0 Å². The van der Waals surface area contributed by atoms with Crippen LogP contribution in [0.25, 0.3) is 0 Å². The van der Waals surface area contributed by atoms with Gasteiger partial charge in [0.15, 0.2) is 0 Å². The second-order valence-electron chi connectivity index (χ2n) is 6.65. The SMILES string of the molecule is NC1CCC(C(=O)N2CCC(NC(=O)C3CC3)CC2)C1. The van der Waals surface area contributed by atoms with Crippen molar-refractivity contribution in [3.05, 3.63) is 0 Å². The van der Waals surface area contributed by atoms with Crippen molar-refractivity contribution < 1.29 is 9.59 Å². The molecule has 3 fully saturated rings. The number of likely N-dealkylation sites (tertiary alicyclic amines) is 1. The number of nitrogens with two attached hydrogens (primary N) is 1. The van der Waals surface area contributed by atoms with Crippen LogP contribution < -0.4 is 11.1 Å². The van der Waals surface area contributed by atoms with Crippen LogP contribution in [-0.2, 0) is 9.59 Å². The number of amides is 2. The monoisotopic (exact) mass is 279 g/mol. The van der Waals surface area contributed by atoms with Gasteiger partial charge in [-0.3, -0.25) is 9.59 Å². The highest BCUT2D eigenvalue weighted by atomic mass is 16.2. The van der Waals surface area contributed by atoms with Crippen molar-refractivity contribution in [2.24, 2.45) is 17.6 Å². The van der Waals surface area contributed by atoms with Crippen molar-refractivity contribution in [2.75, 3.05) is 13.1 Å². The van der Waals surface area contributed by atoms with Gasteiger partial charge in [0, 0.05) is 37.0 Å². The smallest absolute Gasteiger partial charge is 0.225 e. The number of piperidine rings is 1. The van der Waals surface area contributed by atoms with Gasteiger partial charge in [0.25, 0.3) is 0 Å². The molecule has 1 saturated heterocycles. The molecule has 0 radical (unpaired) electrons. The maximum absolute atomic E-state index is 12.4. The molecule has 1 heterocycles. The number of nitrogens with one attached hydrogen (secondary N) is 1. The molecule has 0 spiro atoms. The topological polar surface area (TPSA) is 75.4 Å². The lowest BCUT2D eigenvalue weighted by Gasteiger charge is -2.34. The number of nitrogens with zero attached hydrogens (tertiary/aromatic N) is 1. The standard InChI is InChI=1S/C15H25N3O2/c16-12-4-3-11(9-12)15(20)18-7-5-13(6-8-18)17-14(19)10-1-2-10/h10-13H,1-9,16H2,(H,17,19). The largest absolute Gasteiger partial charge is 0.353 e. The zero-order chi connectivity index (χ0) is 14.1. The minimum Gasteiger partial charge on any atom is -0.353 e. The van der Waals surface area contributed by atoms with Gasteiger partial charge < -0.3 is 16.0 Å². The van der Waals surface area contributed by atoms with Crippen LogP contribution >= 0.6 is 0 Å². The molecule has 5 nitrogen and oxygen atoms in total. The summed E-state index contributed by atoms with van der Waals surface area (Å²) in [4.78, 5) is 26.1. The van der Waals surface area contributed by atoms with Crippen molar-refractivity contribution in [3.63, 3.8) is 0 Å². The normalized spacial score (nSPS) is 31.4. The second kappa shape index (κ2) is 5.72. The molecule has 3 N–H and O–H groups in total. The second-order valence-corrected chi connectivity index (χ2v) is 6.65. The van der Waals surface area contributed by atoms with E-state index in [1.165, 1.54) is 0 Å². The molecule has 2 amide bonds. The molecule has 0 aromatic carbocycles. The molecule has 0 aromatic heterocycles. The molecule has 2 saturated carbocycles. The van der Waals surface area contributed by atoms with Crippen LogP contribution in [0.2, 0.25) is 0 Å². The average Bonchev–Trinajstić information content (AvgIpc) is 3.21. The number of carbonyl (C=O) groups excluding carboxylic acids is 2. The average molecular weight is 279 g/mol. The van der Waals surface area contributed by atoms with Crippen LogP contribution in [0.3, 0.4) is 0 Å². The van der Waals surface area contributed by atoms with Gasteiger partial charge in [-0.05, 0) is 44.9 Å². The fourth-order valence-corrected chi connectivity index (χ4v) is 3.41. The van der Waals surface area contributed by atoms with E-state index in [2.05, 4.69) is 5.32 Å². The van der Waals surface area contributed by atoms with E-state index in [9.17, 15) is 9.59 Å². The molecule has 1 aliphatic heterocycles. The molecule has 2 aliphatic carbocycles. The lowest BCUT2D eigenvalue weighted by Crippen LogP contribution is -2.48. The van der Waals surface area contributed by atoms with Gasteiger partial charge in [-0.15, -0.1) is 0 Å². The first kappa shape index (κ1) is 13.9. The Morgan fingerprint density at radius 2 is 1.60 bits per heavy atom. The third-order valence-electron chi connectivity index (χ3n) is 4.92. The number of hydrogen-bond donors (Lipinski definition) is 2. The van der Waals surface area contributed by atoms with Gasteiger partial charge in [0.05, 0.1) is 0 Å². The third-order valence-corrected chi connectivity index (χ3v) is 4.92. The summed E-state index contributed by atoms with van der Waals surface area (Å²) >= 11 is 0. The summed E-state index contributed by atoms with van der Waals surface area (Å²) in [6.07, 6.45) is 6.64. The fraction of sp³-hybridized carbons (Fsp3) is 0.867. The maximum Gasteiger partial charge on any atom is 0.225 e. The van der Waals surface area contributed by atoms with Crippen molar-refractivity contribution in [2.45, 2.75) is 57.0 Å². The Labute approximate surface area is 120 Å². The van der Waals surface area contributed by atoms with Gasteiger partial charge >= 0.3 is 0 Å². The molecule has 3 rings (SSSR count). The van der Waals surface area contributed by atoms with Crippen molar-refractivity contribution in [1.82, 2.24) is 10.2 Å². The molecule has 112 valence electrons. The first-order valence-corrected chi connectivity index (χ1v) is 7.98. The Bertz CT molecular complexity index is 387. The molecular weight excluding hydrogens is 254 g/mol. The van der Waals surface area contributed by atoms with Gasteiger partial charge in [-0.1, -0.05) is 0 Å². The van der Waals surface area contributed by atoms with E-state index in [4.69, 9.17) is 5.73 Å². The number of rotatable bonds is 3. The zero-order valence-electron chi connectivity index (χ0n) is 12.0. The highest BCUT2D eigenvalue weighted by molar-refractivity contribution is 5.81. The minimum absolute atomic E-state index is 0.141. The summed E-state index contributed by atoms with van der Waals surface area (Å²) in [6, 6.07) is 0.470. The zero-order valence-corrected chi connectivity index (χ0v) is 12.0. The van der Waals surface area contributed by atoms with E-state index in [0.29, 0.717) is 0 Å². The molecule has 5 heteroatoms. The third kappa shape index (κ3) is 3.14. The number of carbonyl (C=O) groups is 2. The quantitative estimate of drug-likeness (QED) is 0.795. The van der Waals surface area contributed by atoms with Crippen molar-refractivity contribution in [1.29, 1.82) is 0 Å². The molecule has 3 aliphatic rings. The predicted octanol–water partition coefficient (Wildman–Crippen LogP) is 0.631. The number of hydrogen-bond acceptors (Lipinski definition) is 3. The Morgan fingerprint density at radius 3 is 2.15 bits per heavy atom. The minimum atomic E-state index is 0.141. The van der Waals surface area contributed by atoms with Crippen LogP contribution in [0.4, 0.5) is 0 Å². The fourth-order valence-electron chi connectivity index (χ4n) is 3.41. The summed E-state index contributed by atoms with van der Waals surface area (Å²) < 4.78 is 0. The van der Waals surface area contributed by atoms with Crippen LogP contribution in [-0.4, -0.2) is 41.9 Å². The summed E-state index contributed by atoms with van der Waals surface area (Å²) in [7, 11) is 0. The van der Waals surface area contributed by atoms with Gasteiger partial charge in [0.2, 0.25) is 11.8 Å². The van der Waals surface area contributed by atoms with Gasteiger partial charge in [-0.25, -0.2) is 0 Å². The van der Waals surface area contributed by atoms with Crippen molar-refractivity contribution >= 4 is 11.8 Å².